The molecule has 22 heavy (non-hydrogen) atoms. The smallest absolute Gasteiger partial charge is 0.275 e. The van der Waals surface area contributed by atoms with Crippen molar-refractivity contribution in [2.24, 2.45) is 11.8 Å². The second-order valence-corrected chi connectivity index (χ2v) is 6.49. The topological polar surface area (TPSA) is 75.4 Å². The van der Waals surface area contributed by atoms with E-state index in [1.54, 1.807) is 0 Å². The highest BCUT2D eigenvalue weighted by Gasteiger charge is 2.32. The normalized spacial score (nSPS) is 18.0. The lowest BCUT2D eigenvalue weighted by Crippen LogP contribution is -2.44. The molecule has 128 valence electrons. The van der Waals surface area contributed by atoms with E-state index in [-0.39, 0.29) is 5.91 Å². The Labute approximate surface area is 135 Å². The molecule has 0 aromatic rings. The Kier molecular flexibility index (Phi) is 9.87. The van der Waals surface area contributed by atoms with E-state index >= 15 is 0 Å². The van der Waals surface area contributed by atoms with E-state index in [1.807, 2.05) is 5.43 Å². The summed E-state index contributed by atoms with van der Waals surface area (Å²) in [7, 11) is 0. The van der Waals surface area contributed by atoms with Crippen LogP contribution in [0.3, 0.4) is 0 Å². The van der Waals surface area contributed by atoms with Crippen LogP contribution < -0.4 is 11.3 Å². The highest BCUT2D eigenvalue weighted by atomic mass is 16.2. The molecule has 5 heteroatoms. The number of rotatable bonds is 11. The zero-order chi connectivity index (χ0) is 16.2. The van der Waals surface area contributed by atoms with Crippen LogP contribution >= 0.6 is 0 Å². The first-order valence-electron chi connectivity index (χ1n) is 9.00. The van der Waals surface area contributed by atoms with Crippen LogP contribution in [0.5, 0.6) is 0 Å². The SMILES string of the molecule is CCCCCCCCCCCCC1CC(=O)N(C(=O)NN)C1. The summed E-state index contributed by atoms with van der Waals surface area (Å²) in [5.41, 5.74) is 2.03. The maximum atomic E-state index is 11.7. The number of hydrogen-bond acceptors (Lipinski definition) is 3. The molecule has 0 spiro atoms. The highest BCUT2D eigenvalue weighted by Crippen LogP contribution is 2.23. The molecule has 0 aromatic heterocycles. The Hall–Kier alpha value is -1.10. The van der Waals surface area contributed by atoms with E-state index in [2.05, 4.69) is 6.92 Å². The zero-order valence-electron chi connectivity index (χ0n) is 14.1. The molecule has 1 aliphatic rings. The molecule has 1 heterocycles. The summed E-state index contributed by atoms with van der Waals surface area (Å²) in [6.07, 6.45) is 14.7. The lowest BCUT2D eigenvalue weighted by molar-refractivity contribution is -0.125. The van der Waals surface area contributed by atoms with Gasteiger partial charge in [0.25, 0.3) is 0 Å². The Morgan fingerprint density at radius 3 is 2.18 bits per heavy atom. The summed E-state index contributed by atoms with van der Waals surface area (Å²) in [5, 5.41) is 0. The number of nitrogens with zero attached hydrogens (tertiary/aromatic N) is 1. The van der Waals surface area contributed by atoms with Crippen molar-refractivity contribution in [1.29, 1.82) is 0 Å². The third kappa shape index (κ3) is 7.25. The van der Waals surface area contributed by atoms with Gasteiger partial charge in [0.1, 0.15) is 0 Å². The molecule has 1 atom stereocenters. The van der Waals surface area contributed by atoms with Gasteiger partial charge in [0.2, 0.25) is 5.91 Å². The first-order valence-corrected chi connectivity index (χ1v) is 9.00. The van der Waals surface area contributed by atoms with Gasteiger partial charge in [-0.1, -0.05) is 71.1 Å². The minimum atomic E-state index is -0.476. The van der Waals surface area contributed by atoms with Crippen LogP contribution in [0.4, 0.5) is 4.79 Å². The number of carbonyl (C=O) groups excluding carboxylic acids is 2. The van der Waals surface area contributed by atoms with Crippen molar-refractivity contribution in [3.8, 4) is 0 Å². The number of imide groups is 1. The molecule has 5 nitrogen and oxygen atoms in total. The number of carbonyl (C=O) groups is 2. The van der Waals surface area contributed by atoms with Crippen molar-refractivity contribution in [3.63, 3.8) is 0 Å². The van der Waals surface area contributed by atoms with Crippen LogP contribution in [0.15, 0.2) is 0 Å². The molecule has 3 amide bonds. The van der Waals surface area contributed by atoms with E-state index in [1.165, 1.54) is 62.7 Å². The van der Waals surface area contributed by atoms with Gasteiger partial charge in [0.15, 0.2) is 0 Å². The molecule has 1 aliphatic heterocycles. The minimum Gasteiger partial charge on any atom is -0.275 e. The minimum absolute atomic E-state index is 0.0972. The molecule has 0 radical (unpaired) electrons. The van der Waals surface area contributed by atoms with Gasteiger partial charge in [-0.15, -0.1) is 0 Å². The average molecular weight is 311 g/mol. The van der Waals surface area contributed by atoms with Crippen LogP contribution in [0, 0.1) is 5.92 Å². The Morgan fingerprint density at radius 2 is 1.64 bits per heavy atom. The van der Waals surface area contributed by atoms with Crippen molar-refractivity contribution >= 4 is 11.9 Å². The van der Waals surface area contributed by atoms with Crippen molar-refractivity contribution in [3.05, 3.63) is 0 Å². The fourth-order valence-corrected chi connectivity index (χ4v) is 3.17. The average Bonchev–Trinajstić information content (AvgIpc) is 2.89. The molecule has 3 N–H and O–H groups in total. The van der Waals surface area contributed by atoms with E-state index in [0.29, 0.717) is 18.9 Å². The van der Waals surface area contributed by atoms with Gasteiger partial charge in [-0.3, -0.25) is 15.1 Å². The third-order valence-electron chi connectivity index (χ3n) is 4.54. The Morgan fingerprint density at radius 1 is 1.09 bits per heavy atom. The number of hydrazine groups is 1. The van der Waals surface area contributed by atoms with Crippen LogP contribution in [-0.4, -0.2) is 23.4 Å². The number of amides is 3. The number of nitrogens with one attached hydrogen (secondary N) is 1. The van der Waals surface area contributed by atoms with Gasteiger partial charge in [-0.05, 0) is 12.3 Å². The third-order valence-corrected chi connectivity index (χ3v) is 4.54. The first-order chi connectivity index (χ1) is 10.7. The molecule has 1 unspecified atom stereocenters. The zero-order valence-corrected chi connectivity index (χ0v) is 14.1. The summed E-state index contributed by atoms with van der Waals surface area (Å²) in [6, 6.07) is -0.476. The number of hydrogen-bond donors (Lipinski definition) is 2. The molecular formula is C17H33N3O2. The molecule has 0 aromatic carbocycles. The summed E-state index contributed by atoms with van der Waals surface area (Å²) in [4.78, 5) is 24.3. The number of likely N-dealkylation sites (tertiary alicyclic amines) is 1. The summed E-state index contributed by atoms with van der Waals surface area (Å²) in [6.45, 7) is 2.78. The van der Waals surface area contributed by atoms with E-state index < -0.39 is 6.03 Å². The summed E-state index contributed by atoms with van der Waals surface area (Å²) in [5.74, 6) is 5.29. The van der Waals surface area contributed by atoms with Gasteiger partial charge < -0.3 is 0 Å². The standard InChI is InChI=1S/C17H33N3O2/c1-2-3-4-5-6-7-8-9-10-11-12-15-13-16(21)20(14-15)17(22)19-18/h15H,2-14,18H2,1H3,(H,19,22). The maximum absolute atomic E-state index is 11.7. The lowest BCUT2D eigenvalue weighted by Gasteiger charge is -2.13. The molecule has 1 rings (SSSR count). The fraction of sp³-hybridized carbons (Fsp3) is 0.882. The van der Waals surface area contributed by atoms with Gasteiger partial charge in [0.05, 0.1) is 0 Å². The molecule has 1 saturated heterocycles. The molecule has 0 bridgehead atoms. The predicted octanol–water partition coefficient (Wildman–Crippen LogP) is 3.73. The highest BCUT2D eigenvalue weighted by molar-refractivity contribution is 5.95. The number of unbranched alkanes of at least 4 members (excludes halogenated alkanes) is 9. The van der Waals surface area contributed by atoms with Gasteiger partial charge in [-0.2, -0.15) is 0 Å². The monoisotopic (exact) mass is 311 g/mol. The first kappa shape index (κ1) is 18.9. The van der Waals surface area contributed by atoms with E-state index in [9.17, 15) is 9.59 Å². The van der Waals surface area contributed by atoms with Crippen LogP contribution in [0.1, 0.15) is 84.0 Å². The van der Waals surface area contributed by atoms with Crippen molar-refractivity contribution in [1.82, 2.24) is 10.3 Å². The van der Waals surface area contributed by atoms with Crippen LogP contribution in [-0.2, 0) is 4.79 Å². The van der Waals surface area contributed by atoms with Crippen molar-refractivity contribution in [2.45, 2.75) is 84.0 Å². The second kappa shape index (κ2) is 11.5. The second-order valence-electron chi connectivity index (χ2n) is 6.49. The quantitative estimate of drug-likeness (QED) is 0.264. The van der Waals surface area contributed by atoms with E-state index in [4.69, 9.17) is 5.84 Å². The molecule has 0 aliphatic carbocycles. The number of urea groups is 1. The fourth-order valence-electron chi connectivity index (χ4n) is 3.17. The van der Waals surface area contributed by atoms with Crippen molar-refractivity contribution in [2.75, 3.05) is 6.54 Å². The van der Waals surface area contributed by atoms with Gasteiger partial charge >= 0.3 is 6.03 Å². The Balaban J connectivity index is 1.95. The molecule has 1 fully saturated rings. The predicted molar refractivity (Wildman–Crippen MR) is 89.0 cm³/mol. The van der Waals surface area contributed by atoms with Crippen LogP contribution in [0.25, 0.3) is 0 Å². The summed E-state index contributed by atoms with van der Waals surface area (Å²) < 4.78 is 0. The largest absolute Gasteiger partial charge is 0.338 e. The summed E-state index contributed by atoms with van der Waals surface area (Å²) >= 11 is 0. The van der Waals surface area contributed by atoms with E-state index in [0.717, 1.165) is 12.8 Å². The van der Waals surface area contributed by atoms with Crippen LogP contribution in [0.2, 0.25) is 0 Å². The van der Waals surface area contributed by atoms with Gasteiger partial charge in [0, 0.05) is 13.0 Å². The van der Waals surface area contributed by atoms with Gasteiger partial charge in [-0.25, -0.2) is 10.6 Å². The van der Waals surface area contributed by atoms with Crippen molar-refractivity contribution < 1.29 is 9.59 Å². The molecular weight excluding hydrogens is 278 g/mol. The maximum Gasteiger partial charge on any atom is 0.338 e. The number of nitrogens with two attached hydrogens (primary N) is 1. The lowest BCUT2D eigenvalue weighted by atomic mass is 9.99. The Bertz CT molecular complexity index is 334. The molecule has 0 saturated carbocycles.